The highest BCUT2D eigenvalue weighted by Crippen LogP contribution is 2.42. The van der Waals surface area contributed by atoms with E-state index in [1.807, 2.05) is 37.3 Å². The van der Waals surface area contributed by atoms with Crippen LogP contribution in [0.15, 0.2) is 71.8 Å². The molecule has 4 aromatic rings. The van der Waals surface area contributed by atoms with Gasteiger partial charge in [-0.3, -0.25) is 4.79 Å². The fraction of sp³-hybridized carbons (Fsp3) is 0.250. The number of aryl methyl sites for hydroxylation is 1. The quantitative estimate of drug-likeness (QED) is 0.176. The lowest BCUT2D eigenvalue weighted by Crippen LogP contribution is -2.23. The number of fused-ring (bicyclic) bond motifs is 1. The molecule has 192 valence electrons. The van der Waals surface area contributed by atoms with E-state index in [1.165, 1.54) is 10.2 Å². The van der Waals surface area contributed by atoms with Crippen molar-refractivity contribution in [1.29, 1.82) is 0 Å². The van der Waals surface area contributed by atoms with Crippen LogP contribution < -0.4 is 15.0 Å². The second kappa shape index (κ2) is 11.9. The number of rotatable bonds is 8. The predicted octanol–water partition coefficient (Wildman–Crippen LogP) is 7.98. The highest BCUT2D eigenvalue weighted by atomic mass is 79.9. The molecule has 0 spiro atoms. The second-order valence-electron chi connectivity index (χ2n) is 8.70. The normalized spacial score (nSPS) is 12.3. The van der Waals surface area contributed by atoms with Gasteiger partial charge in [-0.15, -0.1) is 0 Å². The number of benzene rings is 3. The van der Waals surface area contributed by atoms with Gasteiger partial charge in [-0.05, 0) is 75.0 Å². The van der Waals surface area contributed by atoms with Gasteiger partial charge in [0.05, 0.1) is 28.7 Å². The molecule has 0 saturated carbocycles. The van der Waals surface area contributed by atoms with Gasteiger partial charge in [0.2, 0.25) is 0 Å². The Balaban J connectivity index is 1.74. The summed E-state index contributed by atoms with van der Waals surface area (Å²) >= 11 is 10.7. The van der Waals surface area contributed by atoms with Crippen molar-refractivity contribution in [3.8, 4) is 11.5 Å². The molecule has 0 radical (unpaired) electrons. The fourth-order valence-corrected chi connectivity index (χ4v) is 5.02. The third-order valence-electron chi connectivity index (χ3n) is 6.08. The molecule has 0 unspecified atom stereocenters. The molecule has 0 bridgehead atoms. The summed E-state index contributed by atoms with van der Waals surface area (Å²) < 4.78 is 15.4. The summed E-state index contributed by atoms with van der Waals surface area (Å²) in [6.07, 6.45) is 2.44. The third-order valence-corrected chi connectivity index (χ3v) is 8.71. The number of ether oxygens (including phenoxy) is 2. The Morgan fingerprint density at radius 2 is 1.81 bits per heavy atom. The summed E-state index contributed by atoms with van der Waals surface area (Å²) in [6.45, 7) is 6.54. The maximum absolute atomic E-state index is 13.4. The van der Waals surface area contributed by atoms with Crippen molar-refractivity contribution in [2.45, 2.75) is 39.7 Å². The van der Waals surface area contributed by atoms with Crippen LogP contribution >= 0.6 is 47.8 Å². The van der Waals surface area contributed by atoms with E-state index in [9.17, 15) is 4.79 Å². The monoisotopic (exact) mass is 689 g/mol. The number of aromatic nitrogens is 2. The Kier molecular flexibility index (Phi) is 8.87. The summed E-state index contributed by atoms with van der Waals surface area (Å²) in [5.74, 6) is 1.76. The lowest BCUT2D eigenvalue weighted by Gasteiger charge is -2.16. The number of hydrogen-bond acceptors (Lipinski definition) is 5. The van der Waals surface area contributed by atoms with Crippen molar-refractivity contribution in [3.63, 3.8) is 0 Å². The minimum Gasteiger partial charge on any atom is -0.493 e. The SMILES string of the molecule is CC[C@@H](C)c1nc2ccc(Br)cc2c(=O)n1N=Cc1cc(OC)c(OCc2ccc(C)cc2)c(Br)c1Br. The van der Waals surface area contributed by atoms with E-state index in [2.05, 4.69) is 78.9 Å². The van der Waals surface area contributed by atoms with E-state index in [1.54, 1.807) is 19.4 Å². The molecule has 0 N–H and O–H groups in total. The average Bonchev–Trinajstić information content (AvgIpc) is 2.90. The molecule has 1 aromatic heterocycles. The zero-order chi connectivity index (χ0) is 26.7. The summed E-state index contributed by atoms with van der Waals surface area (Å²) in [6, 6.07) is 15.5. The van der Waals surface area contributed by atoms with E-state index >= 15 is 0 Å². The summed E-state index contributed by atoms with van der Waals surface area (Å²) in [5, 5.41) is 5.08. The Hall–Kier alpha value is -2.49. The molecule has 1 atom stereocenters. The number of halogens is 3. The topological polar surface area (TPSA) is 65.7 Å². The van der Waals surface area contributed by atoms with Crippen molar-refractivity contribution in [1.82, 2.24) is 9.66 Å². The lowest BCUT2D eigenvalue weighted by atomic mass is 10.1. The number of hydrogen-bond donors (Lipinski definition) is 0. The summed E-state index contributed by atoms with van der Waals surface area (Å²) in [7, 11) is 1.59. The van der Waals surface area contributed by atoms with Crippen LogP contribution in [0.4, 0.5) is 0 Å². The molecule has 0 aliphatic heterocycles. The molecule has 0 aliphatic carbocycles. The highest BCUT2D eigenvalue weighted by Gasteiger charge is 2.18. The molecule has 4 rings (SSSR count). The molecule has 0 fully saturated rings. The van der Waals surface area contributed by atoms with Crippen LogP contribution in [0.3, 0.4) is 0 Å². The highest BCUT2D eigenvalue weighted by molar-refractivity contribution is 9.13. The standard InChI is InChI=1S/C28H26Br3N3O3/c1-5-17(3)27-33-22-11-10-20(29)13-21(22)28(35)34(27)32-14-19-12-23(36-4)26(25(31)24(19)30)37-15-18-8-6-16(2)7-9-18/h6-14,17H,5,15H2,1-4H3/t17-/m1/s1. The van der Waals surface area contributed by atoms with E-state index in [0.717, 1.165) is 20.9 Å². The van der Waals surface area contributed by atoms with Crippen molar-refractivity contribution in [2.75, 3.05) is 7.11 Å². The molecule has 3 aromatic carbocycles. The first kappa shape index (κ1) is 27.5. The molecular formula is C28H26Br3N3O3. The molecular weight excluding hydrogens is 666 g/mol. The fourth-order valence-electron chi connectivity index (χ4n) is 3.72. The van der Waals surface area contributed by atoms with Crippen LogP contribution in [0.1, 0.15) is 48.7 Å². The van der Waals surface area contributed by atoms with Gasteiger partial charge in [0.15, 0.2) is 11.5 Å². The first-order chi connectivity index (χ1) is 17.7. The van der Waals surface area contributed by atoms with E-state index in [0.29, 0.717) is 44.9 Å². The molecule has 0 aliphatic rings. The summed E-state index contributed by atoms with van der Waals surface area (Å²) in [4.78, 5) is 18.2. The maximum atomic E-state index is 13.4. The maximum Gasteiger partial charge on any atom is 0.282 e. The molecule has 1 heterocycles. The molecule has 9 heteroatoms. The number of methoxy groups -OCH3 is 1. The van der Waals surface area contributed by atoms with Gasteiger partial charge in [-0.1, -0.05) is 59.6 Å². The molecule has 6 nitrogen and oxygen atoms in total. The van der Waals surface area contributed by atoms with Crippen molar-refractivity contribution in [2.24, 2.45) is 5.10 Å². The first-order valence-electron chi connectivity index (χ1n) is 11.7. The third kappa shape index (κ3) is 5.99. The Labute approximate surface area is 241 Å². The average molecular weight is 692 g/mol. The van der Waals surface area contributed by atoms with Gasteiger partial charge in [0, 0.05) is 20.4 Å². The van der Waals surface area contributed by atoms with Crippen LogP contribution in [0, 0.1) is 6.92 Å². The molecule has 0 amide bonds. The molecule has 0 saturated heterocycles. The lowest BCUT2D eigenvalue weighted by molar-refractivity contribution is 0.282. The van der Waals surface area contributed by atoms with E-state index in [-0.39, 0.29) is 11.5 Å². The minimum absolute atomic E-state index is 0.0418. The van der Waals surface area contributed by atoms with E-state index < -0.39 is 0 Å². The predicted molar refractivity (Wildman–Crippen MR) is 159 cm³/mol. The Bertz CT molecular complexity index is 1530. The Morgan fingerprint density at radius 3 is 2.49 bits per heavy atom. The van der Waals surface area contributed by atoms with Crippen LogP contribution in [0.5, 0.6) is 11.5 Å². The van der Waals surface area contributed by atoms with Gasteiger partial charge >= 0.3 is 0 Å². The number of nitrogens with zero attached hydrogens (tertiary/aromatic N) is 3. The van der Waals surface area contributed by atoms with Crippen LogP contribution in [0.2, 0.25) is 0 Å². The second-order valence-corrected chi connectivity index (χ2v) is 11.2. The van der Waals surface area contributed by atoms with Gasteiger partial charge in [0.1, 0.15) is 12.4 Å². The largest absolute Gasteiger partial charge is 0.493 e. The minimum atomic E-state index is -0.224. The smallest absolute Gasteiger partial charge is 0.282 e. The van der Waals surface area contributed by atoms with Crippen LogP contribution in [-0.2, 0) is 6.61 Å². The Morgan fingerprint density at radius 1 is 1.08 bits per heavy atom. The van der Waals surface area contributed by atoms with Gasteiger partial charge < -0.3 is 9.47 Å². The first-order valence-corrected chi connectivity index (χ1v) is 14.1. The van der Waals surface area contributed by atoms with Crippen molar-refractivity contribution in [3.05, 3.63) is 94.8 Å². The summed E-state index contributed by atoms with van der Waals surface area (Å²) in [5.41, 5.74) is 3.38. The van der Waals surface area contributed by atoms with Crippen LogP contribution in [-0.4, -0.2) is 23.0 Å². The zero-order valence-electron chi connectivity index (χ0n) is 20.9. The van der Waals surface area contributed by atoms with Crippen molar-refractivity contribution < 1.29 is 9.47 Å². The van der Waals surface area contributed by atoms with Crippen LogP contribution in [0.25, 0.3) is 10.9 Å². The van der Waals surface area contributed by atoms with E-state index in [4.69, 9.17) is 14.5 Å². The molecule has 37 heavy (non-hydrogen) atoms. The zero-order valence-corrected chi connectivity index (χ0v) is 25.6. The van der Waals surface area contributed by atoms with Gasteiger partial charge in [-0.25, -0.2) is 4.98 Å². The van der Waals surface area contributed by atoms with Crippen molar-refractivity contribution >= 4 is 64.9 Å². The van der Waals surface area contributed by atoms with Gasteiger partial charge in [0.25, 0.3) is 5.56 Å². The van der Waals surface area contributed by atoms with Gasteiger partial charge in [-0.2, -0.15) is 9.78 Å².